The second-order valence-electron chi connectivity index (χ2n) is 8.89. The van der Waals surface area contributed by atoms with Crippen LogP contribution in [0.25, 0.3) is 0 Å². The Kier molecular flexibility index (Phi) is 3.98. The molecule has 0 unspecified atom stereocenters. The van der Waals surface area contributed by atoms with Crippen LogP contribution in [0.1, 0.15) is 65.2 Å². The van der Waals surface area contributed by atoms with Crippen molar-refractivity contribution in [2.24, 2.45) is 28.6 Å². The highest BCUT2D eigenvalue weighted by Gasteiger charge is 2.57. The van der Waals surface area contributed by atoms with E-state index in [2.05, 4.69) is 19.9 Å². The molecule has 3 fully saturated rings. The molecular formula is C21H28O2S. The molecule has 3 heteroatoms. The molecule has 0 aromatic rings. The van der Waals surface area contributed by atoms with Crippen LogP contribution >= 0.6 is 0 Å². The average molecular weight is 345 g/mol. The van der Waals surface area contributed by atoms with Gasteiger partial charge in [-0.2, -0.15) is 0 Å². The summed E-state index contributed by atoms with van der Waals surface area (Å²) < 4.78 is 10.8. The first-order valence-corrected chi connectivity index (χ1v) is 10.3. The van der Waals surface area contributed by atoms with E-state index in [-0.39, 0.29) is 5.41 Å². The van der Waals surface area contributed by atoms with Crippen LogP contribution in [0.5, 0.6) is 0 Å². The van der Waals surface area contributed by atoms with Gasteiger partial charge in [0.2, 0.25) is 0 Å². The van der Waals surface area contributed by atoms with Crippen molar-refractivity contribution in [3.63, 3.8) is 0 Å². The number of carbonyl (C=O) groups excluding carboxylic acids is 1. The topological polar surface area (TPSA) is 34.1 Å². The van der Waals surface area contributed by atoms with Gasteiger partial charge in [0.25, 0.3) is 0 Å². The standard InChI is InChI=1S/C21H28O2S/c1-20-11-8-19-17(18(20)6-4-14(20)9-12-24-23)5-3-15-13-16(22)7-10-21(15,19)2/h9,12-13,17-19H,3-8,10-11H2,1-2H3/t17-,18-,19-,20+,21-/m0/s1. The van der Waals surface area contributed by atoms with E-state index in [1.807, 2.05) is 6.08 Å². The average Bonchev–Trinajstić information content (AvgIpc) is 2.90. The molecule has 0 bridgehead atoms. The quantitative estimate of drug-likeness (QED) is 0.520. The second-order valence-corrected chi connectivity index (χ2v) is 9.35. The van der Waals surface area contributed by atoms with E-state index in [4.69, 9.17) is 0 Å². The van der Waals surface area contributed by atoms with E-state index in [1.54, 1.807) is 5.37 Å². The van der Waals surface area contributed by atoms with Crippen LogP contribution in [0.4, 0.5) is 0 Å². The molecule has 0 amide bonds. The molecule has 24 heavy (non-hydrogen) atoms. The minimum Gasteiger partial charge on any atom is -0.295 e. The summed E-state index contributed by atoms with van der Waals surface area (Å²) in [6, 6.07) is 0. The highest BCUT2D eigenvalue weighted by molar-refractivity contribution is 7.65. The molecule has 3 saturated carbocycles. The van der Waals surface area contributed by atoms with Gasteiger partial charge in [0.05, 0.1) is 11.3 Å². The van der Waals surface area contributed by atoms with Crippen LogP contribution < -0.4 is 0 Å². The van der Waals surface area contributed by atoms with E-state index in [9.17, 15) is 9.00 Å². The first-order valence-electron chi connectivity index (χ1n) is 9.54. The summed E-state index contributed by atoms with van der Waals surface area (Å²) in [5.74, 6) is 2.66. The Bertz CT molecular complexity index is 684. The molecule has 0 saturated heterocycles. The largest absolute Gasteiger partial charge is 0.295 e. The van der Waals surface area contributed by atoms with E-state index in [0.717, 1.165) is 37.0 Å². The van der Waals surface area contributed by atoms with Gasteiger partial charge in [0.15, 0.2) is 5.78 Å². The van der Waals surface area contributed by atoms with Crippen LogP contribution in [-0.4, -0.2) is 15.4 Å². The molecule has 2 nitrogen and oxygen atoms in total. The van der Waals surface area contributed by atoms with E-state index in [0.29, 0.717) is 22.5 Å². The number of hydrogen-bond acceptors (Lipinski definition) is 2. The molecule has 4 aliphatic rings. The molecule has 0 aromatic carbocycles. The Balaban J connectivity index is 1.67. The molecule has 0 heterocycles. The summed E-state index contributed by atoms with van der Waals surface area (Å²) in [6.07, 6.45) is 13.3. The fourth-order valence-electron chi connectivity index (χ4n) is 6.79. The number of fused-ring (bicyclic) bond motifs is 5. The lowest BCUT2D eigenvalue weighted by Gasteiger charge is -2.57. The third-order valence-corrected chi connectivity index (χ3v) is 8.38. The van der Waals surface area contributed by atoms with Crippen molar-refractivity contribution in [3.05, 3.63) is 23.3 Å². The zero-order chi connectivity index (χ0) is 16.9. The number of rotatable bonds is 1. The van der Waals surface area contributed by atoms with Crippen molar-refractivity contribution < 1.29 is 9.00 Å². The van der Waals surface area contributed by atoms with Crippen LogP contribution in [0, 0.1) is 28.6 Å². The number of carbonyl (C=O) groups is 1. The molecule has 5 atom stereocenters. The first-order chi connectivity index (χ1) is 11.5. The summed E-state index contributed by atoms with van der Waals surface area (Å²) in [6.45, 7) is 4.90. The third kappa shape index (κ3) is 2.27. The molecule has 0 spiro atoms. The van der Waals surface area contributed by atoms with Crippen molar-refractivity contribution >= 4 is 22.4 Å². The summed E-state index contributed by atoms with van der Waals surface area (Å²) in [4.78, 5) is 11.9. The molecule has 0 aliphatic heterocycles. The number of hydrogen-bond donors (Lipinski definition) is 0. The predicted octanol–water partition coefficient (Wildman–Crippen LogP) is 4.46. The zero-order valence-corrected chi connectivity index (χ0v) is 15.7. The van der Waals surface area contributed by atoms with Crippen LogP contribution in [0.3, 0.4) is 0 Å². The molecule has 0 aromatic heterocycles. The van der Waals surface area contributed by atoms with Crippen molar-refractivity contribution in [1.82, 2.24) is 0 Å². The van der Waals surface area contributed by atoms with Crippen LogP contribution in [0.2, 0.25) is 0 Å². The lowest BCUT2D eigenvalue weighted by Crippen LogP contribution is -2.49. The van der Waals surface area contributed by atoms with Gasteiger partial charge in [-0.25, -0.2) is 4.21 Å². The predicted molar refractivity (Wildman–Crippen MR) is 99.0 cm³/mol. The molecule has 130 valence electrons. The Labute approximate surface area is 148 Å². The van der Waals surface area contributed by atoms with Gasteiger partial charge in [0.1, 0.15) is 0 Å². The second kappa shape index (κ2) is 5.79. The fraction of sp³-hybridized carbons (Fsp3) is 0.714. The summed E-state index contributed by atoms with van der Waals surface area (Å²) in [5.41, 5.74) is 3.53. The highest BCUT2D eigenvalue weighted by Crippen LogP contribution is 2.66. The SMILES string of the molecule is C[C@]12CCC(=O)C=C1CC[C@@H]1[C@@H]2CC[C@]2(C)C(=CC=S=O)CC[C@@H]12. The third-order valence-electron chi connectivity index (χ3n) is 8.13. The lowest BCUT2D eigenvalue weighted by molar-refractivity contribution is -0.117. The minimum absolute atomic E-state index is 0.265. The van der Waals surface area contributed by atoms with Crippen molar-refractivity contribution in [3.8, 4) is 0 Å². The van der Waals surface area contributed by atoms with Gasteiger partial charge in [-0.15, -0.1) is 0 Å². The van der Waals surface area contributed by atoms with Crippen molar-refractivity contribution in [2.45, 2.75) is 65.2 Å². The fourth-order valence-corrected chi connectivity index (χ4v) is 7.01. The van der Waals surface area contributed by atoms with Crippen LogP contribution in [0.15, 0.2) is 23.3 Å². The normalized spacial score (nSPS) is 45.9. The smallest absolute Gasteiger partial charge is 0.155 e. The van der Waals surface area contributed by atoms with Crippen LogP contribution in [-0.2, 0) is 16.1 Å². The molecular weight excluding hydrogens is 316 g/mol. The number of ketones is 1. The maximum Gasteiger partial charge on any atom is 0.155 e. The Morgan fingerprint density at radius 3 is 2.62 bits per heavy atom. The molecule has 0 radical (unpaired) electrons. The molecule has 0 N–H and O–H groups in total. The maximum absolute atomic E-state index is 11.9. The summed E-state index contributed by atoms with van der Waals surface area (Å²) in [5, 5.41) is 1.73. The highest BCUT2D eigenvalue weighted by atomic mass is 32.1. The Morgan fingerprint density at radius 2 is 1.83 bits per heavy atom. The minimum atomic E-state index is 0.265. The Morgan fingerprint density at radius 1 is 1.04 bits per heavy atom. The monoisotopic (exact) mass is 344 g/mol. The zero-order valence-electron chi connectivity index (χ0n) is 14.8. The van der Waals surface area contributed by atoms with E-state index < -0.39 is 0 Å². The van der Waals surface area contributed by atoms with Gasteiger partial charge >= 0.3 is 0 Å². The van der Waals surface area contributed by atoms with Crippen molar-refractivity contribution in [1.29, 1.82) is 0 Å². The van der Waals surface area contributed by atoms with Gasteiger partial charge < -0.3 is 0 Å². The summed E-state index contributed by atoms with van der Waals surface area (Å²) in [7, 11) is 0. The van der Waals surface area contributed by atoms with Gasteiger partial charge in [0, 0.05) is 11.8 Å². The molecule has 4 rings (SSSR count). The first kappa shape index (κ1) is 16.5. The Hall–Kier alpha value is -0.960. The van der Waals surface area contributed by atoms with E-state index in [1.165, 1.54) is 43.3 Å². The van der Waals surface area contributed by atoms with Crippen molar-refractivity contribution in [2.75, 3.05) is 0 Å². The van der Waals surface area contributed by atoms with Gasteiger partial charge in [-0.1, -0.05) is 25.0 Å². The van der Waals surface area contributed by atoms with Gasteiger partial charge in [-0.3, -0.25) is 4.79 Å². The molecule has 4 aliphatic carbocycles. The summed E-state index contributed by atoms with van der Waals surface area (Å²) >= 11 is 0.573. The number of allylic oxidation sites excluding steroid dienone is 3. The maximum atomic E-state index is 11.9. The van der Waals surface area contributed by atoms with E-state index >= 15 is 0 Å². The van der Waals surface area contributed by atoms with Gasteiger partial charge in [-0.05, 0) is 85.7 Å². The lowest BCUT2D eigenvalue weighted by atomic mass is 9.47.